The molecule has 3 aliphatic heterocycles. The normalized spacial score (nSPS) is 18.3. The number of amidine groups is 1. The van der Waals surface area contributed by atoms with Crippen LogP contribution in [0.3, 0.4) is 0 Å². The molecule has 0 bridgehead atoms. The molecule has 0 unspecified atom stereocenters. The molecule has 0 saturated carbocycles. The van der Waals surface area contributed by atoms with E-state index in [1.807, 2.05) is 44.3 Å². The van der Waals surface area contributed by atoms with Crippen molar-refractivity contribution in [2.45, 2.75) is 26.6 Å². The monoisotopic (exact) mass is 365 g/mol. The molecule has 0 atom stereocenters. The zero-order chi connectivity index (χ0) is 18.8. The van der Waals surface area contributed by atoms with Gasteiger partial charge < -0.3 is 19.7 Å². The highest BCUT2D eigenvalue weighted by Crippen LogP contribution is 2.34. The molecule has 4 rings (SSSR count). The predicted molar refractivity (Wildman–Crippen MR) is 103 cm³/mol. The number of carbonyl (C=O) groups is 1. The van der Waals surface area contributed by atoms with E-state index in [0.29, 0.717) is 13.2 Å². The summed E-state index contributed by atoms with van der Waals surface area (Å²) >= 11 is 0. The number of nitrogens with one attached hydrogen (secondary N) is 1. The Labute approximate surface area is 158 Å². The van der Waals surface area contributed by atoms with Gasteiger partial charge in [0, 0.05) is 60.9 Å². The van der Waals surface area contributed by atoms with Gasteiger partial charge in [0.15, 0.2) is 6.29 Å². The lowest BCUT2D eigenvalue weighted by molar-refractivity contribution is -0.140. The number of amides is 1. The molecule has 0 aliphatic carbocycles. The van der Waals surface area contributed by atoms with E-state index >= 15 is 0 Å². The predicted octanol–water partition coefficient (Wildman–Crippen LogP) is 3.01. The molecule has 6 nitrogen and oxygen atoms in total. The van der Waals surface area contributed by atoms with E-state index in [2.05, 4.69) is 16.3 Å². The van der Waals surface area contributed by atoms with Crippen molar-refractivity contribution in [3.8, 4) is 0 Å². The summed E-state index contributed by atoms with van der Waals surface area (Å²) in [4.78, 5) is 18.7. The van der Waals surface area contributed by atoms with Crippen molar-refractivity contribution in [3.63, 3.8) is 0 Å². The summed E-state index contributed by atoms with van der Waals surface area (Å²) in [6, 6.07) is 8.11. The molecule has 27 heavy (non-hydrogen) atoms. The molecule has 6 heteroatoms. The number of rotatable bonds is 6. The fraction of sp³-hybridized carbons (Fsp3) is 0.333. The van der Waals surface area contributed by atoms with Crippen molar-refractivity contribution >= 4 is 11.7 Å². The van der Waals surface area contributed by atoms with Crippen LogP contribution in [0, 0.1) is 0 Å². The Balaban J connectivity index is 1.70. The van der Waals surface area contributed by atoms with Gasteiger partial charge in [0.1, 0.15) is 5.84 Å². The molecule has 1 aromatic rings. The van der Waals surface area contributed by atoms with Crippen LogP contribution in [-0.2, 0) is 14.3 Å². The number of hydrogen-bond acceptors (Lipinski definition) is 5. The van der Waals surface area contributed by atoms with Crippen molar-refractivity contribution in [3.05, 3.63) is 70.7 Å². The van der Waals surface area contributed by atoms with E-state index in [9.17, 15) is 4.79 Å². The maximum absolute atomic E-state index is 11.9. The Kier molecular flexibility index (Phi) is 4.92. The number of nitrogens with zero attached hydrogens (tertiary/aromatic N) is 2. The molecule has 0 radical (unpaired) electrons. The summed E-state index contributed by atoms with van der Waals surface area (Å²) in [7, 11) is 0. The Morgan fingerprint density at radius 2 is 2.04 bits per heavy atom. The fourth-order valence-electron chi connectivity index (χ4n) is 3.62. The van der Waals surface area contributed by atoms with Crippen LogP contribution in [0.1, 0.15) is 37.7 Å². The lowest BCUT2D eigenvalue weighted by atomic mass is 10.1. The third kappa shape index (κ3) is 3.34. The molecule has 1 N–H and O–H groups in total. The quantitative estimate of drug-likeness (QED) is 0.787. The lowest BCUT2D eigenvalue weighted by Gasteiger charge is -2.28. The Bertz CT molecular complexity index is 876. The van der Waals surface area contributed by atoms with Crippen molar-refractivity contribution < 1.29 is 14.3 Å². The maximum atomic E-state index is 11.9. The standard InChI is InChI=1S/C21H23N3O3/c1-3-26-21(27-4-2)15-7-5-6-14(12-15)20-22-13-16-8-9-18(25)23-17-10-11-24(20)19(16)17/h5-9,12-13,21H,3-4,10-11H2,1-2H3,(H,23,25). The van der Waals surface area contributed by atoms with Crippen molar-refractivity contribution in [2.75, 3.05) is 19.8 Å². The molecule has 140 valence electrons. The third-order valence-electron chi connectivity index (χ3n) is 4.74. The van der Waals surface area contributed by atoms with Crippen LogP contribution in [0.4, 0.5) is 0 Å². The van der Waals surface area contributed by atoms with Crippen LogP contribution in [0.15, 0.2) is 64.6 Å². The summed E-state index contributed by atoms with van der Waals surface area (Å²) in [5.74, 6) is 0.788. The molecule has 3 heterocycles. The van der Waals surface area contributed by atoms with Gasteiger partial charge in [-0.25, -0.2) is 4.99 Å². The molecule has 0 spiro atoms. The highest BCUT2D eigenvalue weighted by Gasteiger charge is 2.32. The highest BCUT2D eigenvalue weighted by atomic mass is 16.7. The van der Waals surface area contributed by atoms with Crippen molar-refractivity contribution in [1.29, 1.82) is 0 Å². The molecule has 1 amide bonds. The van der Waals surface area contributed by atoms with Crippen molar-refractivity contribution in [1.82, 2.24) is 10.2 Å². The minimum atomic E-state index is -0.385. The van der Waals surface area contributed by atoms with Gasteiger partial charge in [-0.15, -0.1) is 0 Å². The second kappa shape index (κ2) is 7.50. The number of aliphatic imine (C=N–C) groups is 1. The van der Waals surface area contributed by atoms with Gasteiger partial charge in [-0.05, 0) is 26.0 Å². The molecular formula is C21H23N3O3. The number of carbonyl (C=O) groups excluding carboxylic acids is 1. The average molecular weight is 365 g/mol. The van der Waals surface area contributed by atoms with Gasteiger partial charge >= 0.3 is 0 Å². The van der Waals surface area contributed by atoms with E-state index in [1.54, 1.807) is 6.08 Å². The zero-order valence-corrected chi connectivity index (χ0v) is 15.6. The van der Waals surface area contributed by atoms with E-state index in [-0.39, 0.29) is 12.2 Å². The topological polar surface area (TPSA) is 63.2 Å². The average Bonchev–Trinajstić information content (AvgIpc) is 3.02. The number of allylic oxidation sites excluding steroid dienone is 1. The Morgan fingerprint density at radius 1 is 1.22 bits per heavy atom. The minimum Gasteiger partial charge on any atom is -0.349 e. The van der Waals surface area contributed by atoms with Gasteiger partial charge in [-0.1, -0.05) is 18.2 Å². The number of ether oxygens (including phenoxy) is 2. The maximum Gasteiger partial charge on any atom is 0.248 e. The smallest absolute Gasteiger partial charge is 0.248 e. The van der Waals surface area contributed by atoms with E-state index in [4.69, 9.17) is 14.5 Å². The Morgan fingerprint density at radius 3 is 2.81 bits per heavy atom. The molecule has 3 aliphatic rings. The third-order valence-corrected chi connectivity index (χ3v) is 4.74. The van der Waals surface area contributed by atoms with Gasteiger partial charge in [0.25, 0.3) is 0 Å². The molecule has 0 fully saturated rings. The van der Waals surface area contributed by atoms with Crippen LogP contribution >= 0.6 is 0 Å². The first-order valence-corrected chi connectivity index (χ1v) is 9.33. The van der Waals surface area contributed by atoms with Crippen molar-refractivity contribution in [2.24, 2.45) is 4.99 Å². The Hall–Kier alpha value is -2.70. The van der Waals surface area contributed by atoms with Gasteiger partial charge in [0.2, 0.25) is 5.91 Å². The largest absolute Gasteiger partial charge is 0.349 e. The number of hydrogen-bond donors (Lipinski definition) is 1. The summed E-state index contributed by atoms with van der Waals surface area (Å²) in [6.45, 7) is 5.87. The fourth-order valence-corrected chi connectivity index (χ4v) is 3.62. The second-order valence-electron chi connectivity index (χ2n) is 6.46. The first-order valence-electron chi connectivity index (χ1n) is 9.33. The highest BCUT2D eigenvalue weighted by molar-refractivity contribution is 6.03. The first-order chi connectivity index (χ1) is 13.2. The first kappa shape index (κ1) is 17.7. The van der Waals surface area contributed by atoms with Gasteiger partial charge in [-0.2, -0.15) is 0 Å². The van der Waals surface area contributed by atoms with E-state index in [1.165, 1.54) is 0 Å². The van der Waals surface area contributed by atoms with E-state index in [0.717, 1.165) is 46.9 Å². The summed E-state index contributed by atoms with van der Waals surface area (Å²) in [5.41, 5.74) is 4.93. The lowest BCUT2D eigenvalue weighted by Crippen LogP contribution is -2.31. The van der Waals surface area contributed by atoms with Crippen LogP contribution < -0.4 is 5.32 Å². The second-order valence-corrected chi connectivity index (χ2v) is 6.46. The van der Waals surface area contributed by atoms with Crippen LogP contribution in [0.25, 0.3) is 0 Å². The minimum absolute atomic E-state index is 0.0885. The molecular weight excluding hydrogens is 342 g/mol. The van der Waals surface area contributed by atoms with Crippen LogP contribution in [-0.4, -0.2) is 36.4 Å². The van der Waals surface area contributed by atoms with Gasteiger partial charge in [-0.3, -0.25) is 4.79 Å². The molecule has 0 aromatic heterocycles. The van der Waals surface area contributed by atoms with Crippen LogP contribution in [0.2, 0.25) is 0 Å². The van der Waals surface area contributed by atoms with E-state index < -0.39 is 0 Å². The van der Waals surface area contributed by atoms with Crippen LogP contribution in [0.5, 0.6) is 0 Å². The summed E-state index contributed by atoms with van der Waals surface area (Å²) in [6.07, 6.45) is 5.62. The molecule has 0 saturated heterocycles. The van der Waals surface area contributed by atoms with Gasteiger partial charge in [0.05, 0.1) is 5.70 Å². The molecule has 1 aromatic carbocycles. The zero-order valence-electron chi connectivity index (χ0n) is 15.6. The summed E-state index contributed by atoms with van der Waals surface area (Å²) in [5, 5.41) is 2.98. The number of benzene rings is 1. The SMILES string of the molecule is CCOC(OCC)c1cccc(C2=NC=C3C=CC(=O)NC4=C3N2CC4)c1. The summed E-state index contributed by atoms with van der Waals surface area (Å²) < 4.78 is 11.5.